The van der Waals surface area contributed by atoms with Crippen molar-refractivity contribution in [2.45, 2.75) is 77.7 Å². The second-order valence-corrected chi connectivity index (χ2v) is 12.5. The van der Waals surface area contributed by atoms with Crippen molar-refractivity contribution in [1.29, 1.82) is 0 Å². The molecular formula is C30H40N8O4. The highest BCUT2D eigenvalue weighted by Crippen LogP contribution is 2.41. The molecule has 4 aromatic heterocycles. The minimum atomic E-state index is -0.509. The third kappa shape index (κ3) is 5.16. The second-order valence-electron chi connectivity index (χ2n) is 12.5. The fourth-order valence-electron chi connectivity index (χ4n) is 6.13. The van der Waals surface area contributed by atoms with Crippen molar-refractivity contribution in [2.24, 2.45) is 22.3 Å². The molecule has 2 aliphatic carbocycles. The third-order valence-electron chi connectivity index (χ3n) is 9.27. The average molecular weight is 577 g/mol. The lowest BCUT2D eigenvalue weighted by Gasteiger charge is -2.32. The van der Waals surface area contributed by atoms with Crippen molar-refractivity contribution in [3.05, 3.63) is 60.2 Å². The van der Waals surface area contributed by atoms with Gasteiger partial charge in [-0.3, -0.25) is 9.59 Å². The van der Waals surface area contributed by atoms with E-state index in [0.29, 0.717) is 22.5 Å². The smallest absolute Gasteiger partial charge is 0.252 e. The number of aliphatic hydroxyl groups excluding tert-OH is 2. The Morgan fingerprint density at radius 2 is 1.14 bits per heavy atom. The molecular weight excluding hydrogens is 536 g/mol. The van der Waals surface area contributed by atoms with Gasteiger partial charge in [-0.2, -0.15) is 10.2 Å². The first-order valence-corrected chi connectivity index (χ1v) is 14.2. The van der Waals surface area contributed by atoms with Gasteiger partial charge >= 0.3 is 0 Å². The molecule has 42 heavy (non-hydrogen) atoms. The van der Waals surface area contributed by atoms with Gasteiger partial charge in [-0.25, -0.2) is 9.03 Å². The van der Waals surface area contributed by atoms with Crippen LogP contribution < -0.4 is 22.1 Å². The number of fused-ring (bicyclic) bond motifs is 2. The van der Waals surface area contributed by atoms with Gasteiger partial charge in [0, 0.05) is 35.3 Å². The lowest BCUT2D eigenvalue weighted by atomic mass is 9.85. The highest BCUT2D eigenvalue weighted by molar-refractivity contribution is 6.02. The van der Waals surface area contributed by atoms with Crippen LogP contribution in [0.2, 0.25) is 0 Å². The Balaban J connectivity index is 0.000000168. The Bertz CT molecular complexity index is 1500. The van der Waals surface area contributed by atoms with Gasteiger partial charge in [-0.15, -0.1) is 0 Å². The van der Waals surface area contributed by atoms with Gasteiger partial charge in [-0.1, -0.05) is 27.7 Å². The number of amides is 2. The molecule has 2 saturated carbocycles. The third-order valence-corrected chi connectivity index (χ3v) is 9.27. The molecule has 12 heteroatoms. The summed E-state index contributed by atoms with van der Waals surface area (Å²) in [6, 6.07) is 7.67. The second kappa shape index (κ2) is 10.9. The van der Waals surface area contributed by atoms with Gasteiger partial charge in [0.2, 0.25) is 0 Å². The molecule has 224 valence electrons. The van der Waals surface area contributed by atoms with E-state index in [-0.39, 0.29) is 35.1 Å². The Morgan fingerprint density at radius 1 is 0.762 bits per heavy atom. The largest absolute Gasteiger partial charge is 0.392 e. The lowest BCUT2D eigenvalue weighted by molar-refractivity contribution is 0.0747. The normalized spacial score (nSPS) is 24.3. The van der Waals surface area contributed by atoms with Crippen molar-refractivity contribution in [1.82, 2.24) is 19.2 Å². The zero-order chi connectivity index (χ0) is 30.4. The molecule has 0 aliphatic heterocycles. The topological polar surface area (TPSA) is 185 Å². The van der Waals surface area contributed by atoms with Crippen LogP contribution in [-0.2, 0) is 0 Å². The molecule has 2 aliphatic rings. The molecule has 0 bridgehead atoms. The van der Waals surface area contributed by atoms with E-state index in [4.69, 9.17) is 11.5 Å². The molecule has 6 rings (SSSR count). The minimum absolute atomic E-state index is 0.0756. The van der Waals surface area contributed by atoms with Gasteiger partial charge in [0.1, 0.15) is 0 Å². The van der Waals surface area contributed by atoms with Gasteiger partial charge in [0.15, 0.2) is 0 Å². The van der Waals surface area contributed by atoms with Gasteiger partial charge in [0.25, 0.3) is 11.8 Å². The zero-order valence-electron chi connectivity index (χ0n) is 24.4. The summed E-state index contributed by atoms with van der Waals surface area (Å²) in [5.41, 5.74) is 14.2. The number of carbonyl (C=O) groups is 2. The molecule has 0 spiro atoms. The number of anilines is 2. The first kappa shape index (κ1) is 29.3. The first-order chi connectivity index (χ1) is 19.8. The number of primary amides is 2. The summed E-state index contributed by atoms with van der Waals surface area (Å²) in [7, 11) is 0. The fraction of sp³-hybridized carbons (Fsp3) is 0.467. The summed E-state index contributed by atoms with van der Waals surface area (Å²) in [6.45, 7) is 8.12. The Hall–Kier alpha value is -4.16. The molecule has 4 atom stereocenters. The molecule has 4 aromatic rings. The maximum atomic E-state index is 11.7. The molecule has 2 fully saturated rings. The molecule has 12 nitrogen and oxygen atoms in total. The maximum absolute atomic E-state index is 11.7. The summed E-state index contributed by atoms with van der Waals surface area (Å²) in [5, 5.41) is 35.4. The molecule has 2 amide bonds. The monoisotopic (exact) mass is 576 g/mol. The van der Waals surface area contributed by atoms with Crippen LogP contribution >= 0.6 is 0 Å². The SMILES string of the molecule is CC1(C)[C@@H](O)CC[C@H]1Nc1c(C(N)=O)cnn2cccc12.CC1(C)[C@H](O)CC[C@H]1Nc1c(C(N)=O)cnn2cccc12. The predicted octanol–water partition coefficient (Wildman–Crippen LogP) is 2.79. The molecule has 0 aromatic carbocycles. The van der Waals surface area contributed by atoms with E-state index in [1.165, 1.54) is 12.4 Å². The highest BCUT2D eigenvalue weighted by atomic mass is 16.3. The van der Waals surface area contributed by atoms with E-state index in [9.17, 15) is 19.8 Å². The van der Waals surface area contributed by atoms with Crippen LogP contribution in [0.5, 0.6) is 0 Å². The van der Waals surface area contributed by atoms with Crippen LogP contribution in [0.3, 0.4) is 0 Å². The number of nitrogens with one attached hydrogen (secondary N) is 2. The van der Waals surface area contributed by atoms with E-state index >= 15 is 0 Å². The van der Waals surface area contributed by atoms with E-state index in [0.717, 1.165) is 36.7 Å². The summed E-state index contributed by atoms with van der Waals surface area (Å²) >= 11 is 0. The minimum Gasteiger partial charge on any atom is -0.392 e. The quantitative estimate of drug-likeness (QED) is 0.202. The van der Waals surface area contributed by atoms with Gasteiger partial charge < -0.3 is 32.3 Å². The summed E-state index contributed by atoms with van der Waals surface area (Å²) in [5.74, 6) is -1.02. The lowest BCUT2D eigenvalue weighted by Crippen LogP contribution is -2.38. The highest BCUT2D eigenvalue weighted by Gasteiger charge is 2.43. The number of hydrogen-bond acceptors (Lipinski definition) is 8. The van der Waals surface area contributed by atoms with Gasteiger partial charge in [-0.05, 0) is 49.9 Å². The first-order valence-electron chi connectivity index (χ1n) is 14.2. The van der Waals surface area contributed by atoms with Crippen LogP contribution in [-0.4, -0.2) is 65.5 Å². The number of nitrogens with two attached hydrogens (primary N) is 2. The van der Waals surface area contributed by atoms with E-state index in [1.54, 1.807) is 9.03 Å². The molecule has 8 N–H and O–H groups in total. The van der Waals surface area contributed by atoms with Crippen LogP contribution in [0.1, 0.15) is 74.1 Å². The van der Waals surface area contributed by atoms with Gasteiger partial charge in [0.05, 0.1) is 58.1 Å². The van der Waals surface area contributed by atoms with Crippen LogP contribution in [0, 0.1) is 10.8 Å². The number of aliphatic hydroxyl groups is 2. The Morgan fingerprint density at radius 3 is 1.45 bits per heavy atom. The fourth-order valence-corrected chi connectivity index (χ4v) is 6.13. The number of carbonyl (C=O) groups excluding carboxylic acids is 2. The molecule has 4 heterocycles. The van der Waals surface area contributed by atoms with Crippen LogP contribution in [0.4, 0.5) is 11.4 Å². The van der Waals surface area contributed by atoms with Crippen molar-refractivity contribution < 1.29 is 19.8 Å². The number of nitrogens with zero attached hydrogens (tertiary/aromatic N) is 4. The van der Waals surface area contributed by atoms with Crippen molar-refractivity contribution in [2.75, 3.05) is 10.6 Å². The van der Waals surface area contributed by atoms with E-state index < -0.39 is 11.8 Å². The van der Waals surface area contributed by atoms with Crippen molar-refractivity contribution >= 4 is 34.2 Å². The molecule has 0 saturated heterocycles. The van der Waals surface area contributed by atoms with Crippen LogP contribution in [0.15, 0.2) is 49.1 Å². The number of hydrogen-bond donors (Lipinski definition) is 6. The van der Waals surface area contributed by atoms with Crippen molar-refractivity contribution in [3.63, 3.8) is 0 Å². The van der Waals surface area contributed by atoms with Crippen LogP contribution in [0.25, 0.3) is 11.0 Å². The average Bonchev–Trinajstić information content (AvgIpc) is 3.70. The Kier molecular flexibility index (Phi) is 7.62. The number of aromatic nitrogens is 4. The summed E-state index contributed by atoms with van der Waals surface area (Å²) in [6.07, 6.45) is 9.10. The number of rotatable bonds is 6. The molecule has 0 unspecified atom stereocenters. The summed E-state index contributed by atoms with van der Waals surface area (Å²) < 4.78 is 3.40. The Labute approximate surface area is 244 Å². The molecule has 0 radical (unpaired) electrons. The predicted molar refractivity (Wildman–Crippen MR) is 160 cm³/mol. The zero-order valence-corrected chi connectivity index (χ0v) is 24.4. The summed E-state index contributed by atoms with van der Waals surface area (Å²) in [4.78, 5) is 23.3. The standard InChI is InChI=1S/2C15H20N4O2/c2*1-15(2)11(5-6-12(15)20)18-13-9(14(16)21)8-17-19-7-3-4-10(13)19/h2*3-4,7-8,11-12,18,20H,5-6H2,1-2H3,(H2,16,21)/t11-,12+;11-,12-/m11/s1. The van der Waals surface area contributed by atoms with Crippen molar-refractivity contribution in [3.8, 4) is 0 Å². The van der Waals surface area contributed by atoms with E-state index in [1.807, 2.05) is 64.4 Å². The maximum Gasteiger partial charge on any atom is 0.252 e. The van der Waals surface area contributed by atoms with E-state index in [2.05, 4.69) is 20.8 Å².